The largest absolute Gasteiger partial charge is 0.481 e. The van der Waals surface area contributed by atoms with Gasteiger partial charge < -0.3 is 31.5 Å². The van der Waals surface area contributed by atoms with Crippen molar-refractivity contribution >= 4 is 19.5 Å². The quantitative estimate of drug-likeness (QED) is 0.303. The Morgan fingerprint density at radius 2 is 1.53 bits per heavy atom. The van der Waals surface area contributed by atoms with E-state index in [9.17, 15) is 14.2 Å². The fourth-order valence-electron chi connectivity index (χ4n) is 0.298. The highest BCUT2D eigenvalue weighted by atomic mass is 31.2. The zero-order valence-electron chi connectivity index (χ0n) is 7.61. The molecule has 0 aromatic rings. The minimum atomic E-state index is -4.41. The summed E-state index contributed by atoms with van der Waals surface area (Å²) in [6, 6.07) is 0. The van der Waals surface area contributed by atoms with Crippen molar-refractivity contribution in [3.63, 3.8) is 0 Å². The maximum Gasteiger partial charge on any atom is 0.342 e. The van der Waals surface area contributed by atoms with Crippen molar-refractivity contribution in [2.24, 2.45) is 11.5 Å². The average Bonchev–Trinajstić information content (AvgIpc) is 2.02. The highest BCUT2D eigenvalue weighted by molar-refractivity contribution is 7.52. The fraction of sp³-hybridized carbons (Fsp3) is 0.600. The van der Waals surface area contributed by atoms with Crippen LogP contribution in [0.1, 0.15) is 6.42 Å². The fourth-order valence-corrected chi connectivity index (χ4v) is 0.692. The Labute approximate surface area is 84.8 Å². The van der Waals surface area contributed by atoms with Crippen LogP contribution in [-0.4, -0.2) is 44.3 Å². The Morgan fingerprint density at radius 3 is 1.60 bits per heavy atom. The second-order valence-electron chi connectivity index (χ2n) is 2.35. The van der Waals surface area contributed by atoms with Crippen LogP contribution in [0, 0.1) is 0 Å². The molecule has 8 N–H and O–H groups in total. The van der Waals surface area contributed by atoms with E-state index < -0.39 is 31.7 Å². The SMILES string of the molecule is NC(CC(=O)O)P(=O)(O)O.NCC(=O)O. The van der Waals surface area contributed by atoms with Gasteiger partial charge in [0, 0.05) is 0 Å². The van der Waals surface area contributed by atoms with E-state index >= 15 is 0 Å². The van der Waals surface area contributed by atoms with Crippen LogP contribution in [0.15, 0.2) is 0 Å². The maximum atomic E-state index is 10.2. The maximum absolute atomic E-state index is 10.2. The standard InChI is InChI=1S/C3H8NO5P.C2H5NO2/c4-2(1-3(5)6)10(7,8)9;3-1-2(4)5/h2H,1,4H2,(H,5,6)(H2,7,8,9);1,3H2,(H,4,5). The van der Waals surface area contributed by atoms with Crippen LogP contribution in [0.2, 0.25) is 0 Å². The Morgan fingerprint density at radius 1 is 1.20 bits per heavy atom. The molecule has 0 aromatic heterocycles. The minimum absolute atomic E-state index is 0.278. The summed E-state index contributed by atoms with van der Waals surface area (Å²) in [5.41, 5.74) is 9.38. The number of carboxylic acid groups (broad SMARTS) is 2. The number of carbonyl (C=O) groups is 2. The van der Waals surface area contributed by atoms with Crippen molar-refractivity contribution in [1.82, 2.24) is 0 Å². The van der Waals surface area contributed by atoms with E-state index in [-0.39, 0.29) is 6.54 Å². The van der Waals surface area contributed by atoms with Crippen molar-refractivity contribution < 1.29 is 34.2 Å². The summed E-state index contributed by atoms with van der Waals surface area (Å²) in [5, 5.41) is 15.6. The molecule has 0 amide bonds. The summed E-state index contributed by atoms with van der Waals surface area (Å²) in [6.45, 7) is -0.278. The Balaban J connectivity index is 0. The molecule has 90 valence electrons. The van der Waals surface area contributed by atoms with E-state index in [0.717, 1.165) is 0 Å². The van der Waals surface area contributed by atoms with Gasteiger partial charge in [0.1, 0.15) is 5.78 Å². The molecule has 1 unspecified atom stereocenters. The van der Waals surface area contributed by atoms with Gasteiger partial charge >= 0.3 is 19.5 Å². The van der Waals surface area contributed by atoms with Crippen LogP contribution in [0.25, 0.3) is 0 Å². The molecular weight excluding hydrogens is 231 g/mol. The third-order valence-corrected chi connectivity index (χ3v) is 2.04. The van der Waals surface area contributed by atoms with Gasteiger partial charge in [0.05, 0.1) is 13.0 Å². The van der Waals surface area contributed by atoms with Crippen LogP contribution in [0.5, 0.6) is 0 Å². The molecule has 0 rings (SSSR count). The predicted molar refractivity (Wildman–Crippen MR) is 49.0 cm³/mol. The molecule has 10 heteroatoms. The summed E-state index contributed by atoms with van der Waals surface area (Å²) in [4.78, 5) is 35.6. The van der Waals surface area contributed by atoms with E-state index in [1.54, 1.807) is 0 Å². The number of aliphatic carboxylic acids is 2. The molecular formula is C5H13N2O7P. The summed E-state index contributed by atoms with van der Waals surface area (Å²) >= 11 is 0. The first kappa shape index (κ1) is 16.4. The molecule has 0 saturated carbocycles. The van der Waals surface area contributed by atoms with Crippen molar-refractivity contribution in [1.29, 1.82) is 0 Å². The lowest BCUT2D eigenvalue weighted by molar-refractivity contribution is -0.137. The molecule has 0 fully saturated rings. The van der Waals surface area contributed by atoms with Gasteiger partial charge in [-0.1, -0.05) is 0 Å². The molecule has 0 saturated heterocycles. The predicted octanol–water partition coefficient (Wildman–Crippen LogP) is -2.05. The Hall–Kier alpha value is -0.990. The molecule has 0 aliphatic heterocycles. The van der Waals surface area contributed by atoms with E-state index in [2.05, 4.69) is 5.73 Å². The topological polar surface area (TPSA) is 184 Å². The third kappa shape index (κ3) is 13.0. The van der Waals surface area contributed by atoms with Crippen molar-refractivity contribution in [2.75, 3.05) is 6.54 Å². The molecule has 0 bridgehead atoms. The van der Waals surface area contributed by atoms with Crippen LogP contribution in [0.3, 0.4) is 0 Å². The summed E-state index contributed by atoms with van der Waals surface area (Å²) in [5.74, 6) is -3.88. The van der Waals surface area contributed by atoms with E-state index in [1.807, 2.05) is 0 Å². The molecule has 0 aliphatic carbocycles. The molecule has 0 aliphatic rings. The molecule has 9 nitrogen and oxygen atoms in total. The molecule has 1 atom stereocenters. The second kappa shape index (κ2) is 7.32. The lowest BCUT2D eigenvalue weighted by Crippen LogP contribution is -2.23. The first-order valence-electron chi connectivity index (χ1n) is 3.55. The van der Waals surface area contributed by atoms with E-state index in [4.69, 9.17) is 25.7 Å². The minimum Gasteiger partial charge on any atom is -0.481 e. The van der Waals surface area contributed by atoms with Gasteiger partial charge in [-0.25, -0.2) is 0 Å². The zero-order valence-corrected chi connectivity index (χ0v) is 8.50. The van der Waals surface area contributed by atoms with Gasteiger partial charge in [-0.3, -0.25) is 14.2 Å². The Kier molecular flexibility index (Phi) is 8.02. The second-order valence-corrected chi connectivity index (χ2v) is 4.19. The molecule has 0 aromatic carbocycles. The van der Waals surface area contributed by atoms with Gasteiger partial charge in [-0.15, -0.1) is 0 Å². The summed E-state index contributed by atoms with van der Waals surface area (Å²) < 4.78 is 10.2. The van der Waals surface area contributed by atoms with Crippen molar-refractivity contribution in [2.45, 2.75) is 12.2 Å². The van der Waals surface area contributed by atoms with Gasteiger partial charge in [0.15, 0.2) is 0 Å². The van der Waals surface area contributed by atoms with Gasteiger partial charge in [0.2, 0.25) is 0 Å². The molecule has 0 spiro atoms. The molecule has 0 heterocycles. The Bertz CT molecular complexity index is 262. The van der Waals surface area contributed by atoms with E-state index in [0.29, 0.717) is 0 Å². The highest BCUT2D eigenvalue weighted by Gasteiger charge is 2.26. The monoisotopic (exact) mass is 244 g/mol. The number of hydrogen-bond acceptors (Lipinski definition) is 5. The lowest BCUT2D eigenvalue weighted by atomic mass is 10.4. The first-order valence-corrected chi connectivity index (χ1v) is 5.23. The number of nitrogens with two attached hydrogens (primary N) is 2. The van der Waals surface area contributed by atoms with Crippen molar-refractivity contribution in [3.05, 3.63) is 0 Å². The van der Waals surface area contributed by atoms with Gasteiger partial charge in [-0.05, 0) is 0 Å². The first-order chi connectivity index (χ1) is 6.61. The van der Waals surface area contributed by atoms with E-state index in [1.165, 1.54) is 0 Å². The molecule has 0 radical (unpaired) electrons. The van der Waals surface area contributed by atoms with Crippen molar-refractivity contribution in [3.8, 4) is 0 Å². The number of rotatable bonds is 4. The normalized spacial score (nSPS) is 12.3. The number of carboxylic acids is 2. The highest BCUT2D eigenvalue weighted by Crippen LogP contribution is 2.39. The average molecular weight is 244 g/mol. The van der Waals surface area contributed by atoms with Gasteiger partial charge in [0.25, 0.3) is 0 Å². The summed E-state index contributed by atoms with van der Waals surface area (Å²) in [7, 11) is -4.41. The van der Waals surface area contributed by atoms with Crippen LogP contribution in [0.4, 0.5) is 0 Å². The van der Waals surface area contributed by atoms with Crippen LogP contribution >= 0.6 is 7.60 Å². The zero-order chi connectivity index (χ0) is 12.6. The molecule has 15 heavy (non-hydrogen) atoms. The number of hydrogen-bond donors (Lipinski definition) is 6. The van der Waals surface area contributed by atoms with Crippen LogP contribution in [-0.2, 0) is 14.2 Å². The lowest BCUT2D eigenvalue weighted by Gasteiger charge is -2.09. The third-order valence-electron chi connectivity index (χ3n) is 0.990. The van der Waals surface area contributed by atoms with Crippen LogP contribution < -0.4 is 11.5 Å². The smallest absolute Gasteiger partial charge is 0.342 e. The summed E-state index contributed by atoms with van der Waals surface area (Å²) in [6.07, 6.45) is -0.718. The van der Waals surface area contributed by atoms with Gasteiger partial charge in [-0.2, -0.15) is 0 Å².